The highest BCUT2D eigenvalue weighted by atomic mass is 16.6. The molecular formula is C21H20O8. The average molecular weight is 400 g/mol. The number of carbonyl (C=O) groups is 1. The number of ether oxygens (including phenoxy) is 5. The fraction of sp³-hybridized carbons (Fsp3) is 0.238. The number of benzene rings is 2. The third kappa shape index (κ3) is 3.69. The van der Waals surface area contributed by atoms with Gasteiger partial charge in [-0.15, -0.1) is 0 Å². The highest BCUT2D eigenvalue weighted by molar-refractivity contribution is 5.92. The molecule has 29 heavy (non-hydrogen) atoms. The summed E-state index contributed by atoms with van der Waals surface area (Å²) in [7, 11) is 5.86. The third-order valence-electron chi connectivity index (χ3n) is 4.23. The molecule has 3 rings (SSSR count). The molecule has 0 saturated heterocycles. The number of esters is 1. The van der Waals surface area contributed by atoms with Crippen molar-refractivity contribution in [1.29, 1.82) is 0 Å². The fourth-order valence-electron chi connectivity index (χ4n) is 2.96. The second-order valence-corrected chi connectivity index (χ2v) is 5.95. The first-order chi connectivity index (χ1) is 13.9. The van der Waals surface area contributed by atoms with Crippen LogP contribution in [0.4, 0.5) is 0 Å². The monoisotopic (exact) mass is 400 g/mol. The summed E-state index contributed by atoms with van der Waals surface area (Å²) in [4.78, 5) is 24.5. The van der Waals surface area contributed by atoms with Crippen molar-refractivity contribution in [2.24, 2.45) is 0 Å². The van der Waals surface area contributed by atoms with Crippen molar-refractivity contribution in [3.63, 3.8) is 0 Å². The molecule has 0 radical (unpaired) electrons. The van der Waals surface area contributed by atoms with Gasteiger partial charge >= 0.3 is 5.97 Å². The molecule has 1 aromatic heterocycles. The van der Waals surface area contributed by atoms with Crippen LogP contribution in [0.15, 0.2) is 39.5 Å². The van der Waals surface area contributed by atoms with Crippen LogP contribution in [0.1, 0.15) is 6.92 Å². The number of fused-ring (bicyclic) bond motifs is 1. The van der Waals surface area contributed by atoms with E-state index in [0.717, 1.165) is 0 Å². The van der Waals surface area contributed by atoms with Crippen molar-refractivity contribution in [3.8, 4) is 40.1 Å². The lowest BCUT2D eigenvalue weighted by Crippen LogP contribution is -2.09. The summed E-state index contributed by atoms with van der Waals surface area (Å²) >= 11 is 0. The van der Waals surface area contributed by atoms with Gasteiger partial charge in [0.25, 0.3) is 0 Å². The van der Waals surface area contributed by atoms with Crippen LogP contribution in [0.5, 0.6) is 28.7 Å². The summed E-state index contributed by atoms with van der Waals surface area (Å²) in [5, 5.41) is 0.0714. The Labute approximate surface area is 166 Å². The van der Waals surface area contributed by atoms with Gasteiger partial charge in [0.1, 0.15) is 16.7 Å². The zero-order valence-corrected chi connectivity index (χ0v) is 16.7. The molecule has 8 nitrogen and oxygen atoms in total. The van der Waals surface area contributed by atoms with Crippen LogP contribution in [-0.4, -0.2) is 34.4 Å². The molecule has 8 heteroatoms. The van der Waals surface area contributed by atoms with Crippen LogP contribution < -0.4 is 29.1 Å². The highest BCUT2D eigenvalue weighted by Crippen LogP contribution is 2.43. The van der Waals surface area contributed by atoms with Crippen molar-refractivity contribution in [2.75, 3.05) is 28.4 Å². The summed E-state index contributed by atoms with van der Waals surface area (Å²) in [6.45, 7) is 1.23. The average Bonchev–Trinajstić information content (AvgIpc) is 2.71. The molecule has 0 fully saturated rings. The molecule has 0 unspecified atom stereocenters. The van der Waals surface area contributed by atoms with Crippen LogP contribution in [0.2, 0.25) is 0 Å². The molecule has 2 aromatic carbocycles. The molecule has 1 heterocycles. The maximum absolute atomic E-state index is 12.9. The molecule has 0 atom stereocenters. The zero-order valence-electron chi connectivity index (χ0n) is 16.7. The molecule has 0 bridgehead atoms. The van der Waals surface area contributed by atoms with Gasteiger partial charge in [-0.05, 0) is 18.2 Å². The third-order valence-corrected chi connectivity index (χ3v) is 4.23. The van der Waals surface area contributed by atoms with Crippen molar-refractivity contribution in [3.05, 3.63) is 40.6 Å². The Hall–Kier alpha value is -3.68. The van der Waals surface area contributed by atoms with Gasteiger partial charge in [0.2, 0.25) is 5.75 Å². The maximum Gasteiger partial charge on any atom is 0.308 e. The standard InChI is InChI=1S/C21H20O8/c1-11(22)28-21-19-13(23)9-15(12-6-7-14(24-2)16(8-12)25-3)29-17(19)10-18(26-4)20(21)27-5/h6-10H,1-5H3. The summed E-state index contributed by atoms with van der Waals surface area (Å²) in [6.07, 6.45) is 0. The Morgan fingerprint density at radius 1 is 0.828 bits per heavy atom. The minimum Gasteiger partial charge on any atom is -0.493 e. The lowest BCUT2D eigenvalue weighted by atomic mass is 10.1. The molecule has 0 amide bonds. The van der Waals surface area contributed by atoms with E-state index in [1.807, 2.05) is 0 Å². The number of hydrogen-bond donors (Lipinski definition) is 0. The largest absolute Gasteiger partial charge is 0.493 e. The van der Waals surface area contributed by atoms with Gasteiger partial charge in [-0.25, -0.2) is 0 Å². The van der Waals surface area contributed by atoms with E-state index in [2.05, 4.69) is 0 Å². The lowest BCUT2D eigenvalue weighted by Gasteiger charge is -2.15. The van der Waals surface area contributed by atoms with Gasteiger partial charge < -0.3 is 28.1 Å². The van der Waals surface area contributed by atoms with E-state index in [1.54, 1.807) is 18.2 Å². The minimum atomic E-state index is -0.610. The van der Waals surface area contributed by atoms with Crippen LogP contribution in [0.25, 0.3) is 22.3 Å². The summed E-state index contributed by atoms with van der Waals surface area (Å²) in [5.41, 5.74) is 0.370. The molecule has 0 N–H and O–H groups in total. The number of carbonyl (C=O) groups excluding carboxylic acids is 1. The molecule has 0 aliphatic heterocycles. The van der Waals surface area contributed by atoms with Gasteiger partial charge in [0, 0.05) is 24.6 Å². The van der Waals surface area contributed by atoms with E-state index >= 15 is 0 Å². The molecular weight excluding hydrogens is 380 g/mol. The van der Waals surface area contributed by atoms with Crippen LogP contribution in [0.3, 0.4) is 0 Å². The van der Waals surface area contributed by atoms with Gasteiger partial charge in [0.05, 0.1) is 28.4 Å². The van der Waals surface area contributed by atoms with E-state index < -0.39 is 11.4 Å². The van der Waals surface area contributed by atoms with E-state index in [1.165, 1.54) is 47.5 Å². The van der Waals surface area contributed by atoms with Crippen LogP contribution >= 0.6 is 0 Å². The zero-order chi connectivity index (χ0) is 21.1. The Morgan fingerprint density at radius 2 is 1.52 bits per heavy atom. The summed E-state index contributed by atoms with van der Waals surface area (Å²) in [5.74, 6) is 1.04. The van der Waals surface area contributed by atoms with Crippen LogP contribution in [-0.2, 0) is 4.79 Å². The molecule has 152 valence electrons. The van der Waals surface area contributed by atoms with E-state index in [-0.39, 0.29) is 28.2 Å². The Morgan fingerprint density at radius 3 is 2.10 bits per heavy atom. The van der Waals surface area contributed by atoms with Gasteiger partial charge in [-0.1, -0.05) is 0 Å². The number of methoxy groups -OCH3 is 4. The smallest absolute Gasteiger partial charge is 0.308 e. The Bertz CT molecular complexity index is 1130. The number of hydrogen-bond acceptors (Lipinski definition) is 8. The molecule has 0 aliphatic carbocycles. The Kier molecular flexibility index (Phi) is 5.63. The summed E-state index contributed by atoms with van der Waals surface area (Å²) in [6, 6.07) is 7.95. The topological polar surface area (TPSA) is 93.4 Å². The van der Waals surface area contributed by atoms with Crippen LogP contribution in [0, 0.1) is 0 Å². The van der Waals surface area contributed by atoms with E-state index in [4.69, 9.17) is 28.1 Å². The van der Waals surface area contributed by atoms with Gasteiger partial charge in [-0.2, -0.15) is 0 Å². The van der Waals surface area contributed by atoms with Crippen molar-refractivity contribution in [2.45, 2.75) is 6.92 Å². The maximum atomic E-state index is 12.9. The lowest BCUT2D eigenvalue weighted by molar-refractivity contribution is -0.131. The number of rotatable bonds is 6. The van der Waals surface area contributed by atoms with Gasteiger partial charge in [-0.3, -0.25) is 9.59 Å². The predicted molar refractivity (Wildman–Crippen MR) is 105 cm³/mol. The highest BCUT2D eigenvalue weighted by Gasteiger charge is 2.23. The fourth-order valence-corrected chi connectivity index (χ4v) is 2.96. The van der Waals surface area contributed by atoms with Crippen molar-refractivity contribution < 1.29 is 32.9 Å². The normalized spacial score (nSPS) is 10.5. The summed E-state index contributed by atoms with van der Waals surface area (Å²) < 4.78 is 32.3. The second-order valence-electron chi connectivity index (χ2n) is 5.95. The van der Waals surface area contributed by atoms with Gasteiger partial charge in [0.15, 0.2) is 28.4 Å². The molecule has 0 aliphatic rings. The molecule has 0 saturated carbocycles. The SMILES string of the molecule is COc1ccc(-c2cc(=O)c3c(OC(C)=O)c(OC)c(OC)cc3o2)cc1OC. The first-order valence-corrected chi connectivity index (χ1v) is 8.57. The van der Waals surface area contributed by atoms with Crippen molar-refractivity contribution in [1.82, 2.24) is 0 Å². The first-order valence-electron chi connectivity index (χ1n) is 8.57. The molecule has 3 aromatic rings. The first kappa shape index (κ1) is 20.1. The van der Waals surface area contributed by atoms with Crippen molar-refractivity contribution >= 4 is 16.9 Å². The van der Waals surface area contributed by atoms with E-state index in [0.29, 0.717) is 22.8 Å². The molecule has 0 spiro atoms. The Balaban J connectivity index is 2.29. The van der Waals surface area contributed by atoms with E-state index in [9.17, 15) is 9.59 Å². The quantitative estimate of drug-likeness (QED) is 0.459. The predicted octanol–water partition coefficient (Wildman–Crippen LogP) is 3.42. The minimum absolute atomic E-state index is 0.0537. The second kappa shape index (κ2) is 8.14.